The Bertz CT molecular complexity index is 485. The summed E-state index contributed by atoms with van der Waals surface area (Å²) in [4.78, 5) is 0. The lowest BCUT2D eigenvalue weighted by molar-refractivity contribution is 0.165. The van der Waals surface area contributed by atoms with E-state index in [1.165, 1.54) is 25.7 Å². The highest BCUT2D eigenvalue weighted by atomic mass is 79.9. The monoisotopic (exact) mass is 294 g/mol. The van der Waals surface area contributed by atoms with Gasteiger partial charge in [-0.25, -0.2) is 4.39 Å². The van der Waals surface area contributed by atoms with Crippen LogP contribution in [0.3, 0.4) is 0 Å². The molecule has 6 aliphatic rings. The van der Waals surface area contributed by atoms with Crippen molar-refractivity contribution in [1.29, 1.82) is 0 Å². The van der Waals surface area contributed by atoms with E-state index in [2.05, 4.69) is 28.1 Å². The first-order chi connectivity index (χ1) is 8.13. The first kappa shape index (κ1) is 9.12. The van der Waals surface area contributed by atoms with E-state index in [0.717, 1.165) is 17.8 Å². The van der Waals surface area contributed by atoms with E-state index in [9.17, 15) is 4.39 Å². The second-order valence-electron chi connectivity index (χ2n) is 7.68. The zero-order chi connectivity index (χ0) is 11.2. The molecule has 6 rings (SSSR count). The summed E-state index contributed by atoms with van der Waals surface area (Å²) in [5.74, 6) is 3.91. The van der Waals surface area contributed by atoms with Crippen molar-refractivity contribution in [2.75, 3.05) is 0 Å². The van der Waals surface area contributed by atoms with Crippen LogP contribution in [-0.2, 0) is 0 Å². The van der Waals surface area contributed by atoms with Crippen LogP contribution in [-0.4, -0.2) is 4.58 Å². The van der Waals surface area contributed by atoms with Crippen LogP contribution in [0.5, 0.6) is 0 Å². The van der Waals surface area contributed by atoms with Crippen LogP contribution in [0.15, 0.2) is 12.2 Å². The van der Waals surface area contributed by atoms with Gasteiger partial charge in [-0.3, -0.25) is 0 Å². The smallest absolute Gasteiger partial charge is 0.172 e. The second kappa shape index (κ2) is 2.09. The van der Waals surface area contributed by atoms with Crippen molar-refractivity contribution in [3.8, 4) is 0 Å². The third-order valence-corrected chi connectivity index (χ3v) is 8.55. The van der Waals surface area contributed by atoms with Crippen molar-refractivity contribution in [3.63, 3.8) is 0 Å². The third kappa shape index (κ3) is 0.676. The first-order valence-corrected chi connectivity index (χ1v) is 7.98. The molecule has 0 aromatic carbocycles. The molecule has 0 aliphatic heterocycles. The van der Waals surface area contributed by atoms with Crippen molar-refractivity contribution in [1.82, 2.24) is 0 Å². The average Bonchev–Trinajstić information content (AvgIpc) is 3.13. The van der Waals surface area contributed by atoms with Crippen LogP contribution < -0.4 is 0 Å². The molecule has 5 fully saturated rings. The van der Waals surface area contributed by atoms with Gasteiger partial charge in [0.2, 0.25) is 0 Å². The van der Waals surface area contributed by atoms with Crippen LogP contribution in [0.4, 0.5) is 4.39 Å². The number of hydrogen-bond acceptors (Lipinski definition) is 0. The van der Waals surface area contributed by atoms with E-state index in [1.54, 1.807) is 0 Å². The molecule has 17 heavy (non-hydrogen) atoms. The molecule has 0 saturated heterocycles. The Balaban J connectivity index is 1.57. The van der Waals surface area contributed by atoms with Crippen molar-refractivity contribution in [2.24, 2.45) is 46.3 Å². The van der Waals surface area contributed by atoms with Crippen LogP contribution in [0.2, 0.25) is 0 Å². The van der Waals surface area contributed by atoms with Gasteiger partial charge in [0.05, 0.1) is 0 Å². The summed E-state index contributed by atoms with van der Waals surface area (Å²) >= 11 is 3.42. The Labute approximate surface area is 109 Å². The zero-order valence-corrected chi connectivity index (χ0v) is 11.3. The van der Waals surface area contributed by atoms with Gasteiger partial charge in [-0.05, 0) is 76.1 Å². The molecule has 0 nitrogen and oxygen atoms in total. The van der Waals surface area contributed by atoms with Crippen molar-refractivity contribution in [2.45, 2.75) is 30.3 Å². The molecule has 6 unspecified atom stereocenters. The lowest BCUT2D eigenvalue weighted by atomic mass is 9.74. The minimum atomic E-state index is -0.973. The molecule has 2 bridgehead atoms. The highest BCUT2D eigenvalue weighted by molar-refractivity contribution is 9.10. The normalized spacial score (nSPS) is 68.6. The van der Waals surface area contributed by atoms with E-state index in [1.807, 2.05) is 0 Å². The average molecular weight is 295 g/mol. The fourth-order valence-corrected chi connectivity index (χ4v) is 8.04. The molecule has 0 aromatic heterocycles. The molecule has 5 saturated carbocycles. The zero-order valence-electron chi connectivity index (χ0n) is 9.70. The minimum absolute atomic E-state index is 0.368. The minimum Gasteiger partial charge on any atom is -0.231 e. The van der Waals surface area contributed by atoms with Crippen molar-refractivity contribution >= 4 is 15.9 Å². The largest absolute Gasteiger partial charge is 0.231 e. The highest BCUT2D eigenvalue weighted by Gasteiger charge is 2.90. The lowest BCUT2D eigenvalue weighted by Crippen LogP contribution is -2.29. The fourth-order valence-electron chi connectivity index (χ4n) is 6.86. The maximum absolute atomic E-state index is 14.6. The predicted molar refractivity (Wildman–Crippen MR) is 66.2 cm³/mol. The van der Waals surface area contributed by atoms with Crippen LogP contribution in [0.1, 0.15) is 25.7 Å². The van der Waals surface area contributed by atoms with E-state index < -0.39 is 4.58 Å². The maximum atomic E-state index is 14.6. The predicted octanol–water partition coefficient (Wildman–Crippen LogP) is 3.92. The summed E-state index contributed by atoms with van der Waals surface area (Å²) < 4.78 is 13.6. The third-order valence-electron chi connectivity index (χ3n) is 7.53. The van der Waals surface area contributed by atoms with Gasteiger partial charge in [0.1, 0.15) is 0 Å². The SMILES string of the molecule is FC1(Br)C2C3C4C=CC([C@@H]3C3(CC3)C21)C41CC1. The van der Waals surface area contributed by atoms with E-state index in [-0.39, 0.29) is 0 Å². The van der Waals surface area contributed by atoms with Gasteiger partial charge >= 0.3 is 0 Å². The van der Waals surface area contributed by atoms with E-state index in [0.29, 0.717) is 28.6 Å². The molecule has 0 amide bonds. The molecule has 0 radical (unpaired) electrons. The van der Waals surface area contributed by atoms with Gasteiger partial charge < -0.3 is 0 Å². The molecule has 2 spiro atoms. The number of hydrogen-bond donors (Lipinski definition) is 0. The molecular weight excluding hydrogens is 279 g/mol. The molecule has 0 aromatic rings. The Morgan fingerprint density at radius 3 is 2.24 bits per heavy atom. The highest BCUT2D eigenvalue weighted by Crippen LogP contribution is 2.92. The first-order valence-electron chi connectivity index (χ1n) is 7.19. The Kier molecular flexibility index (Phi) is 1.12. The van der Waals surface area contributed by atoms with E-state index in [4.69, 9.17) is 0 Å². The van der Waals surface area contributed by atoms with Crippen molar-refractivity contribution < 1.29 is 4.39 Å². The maximum Gasteiger partial charge on any atom is 0.172 e. The number of allylic oxidation sites excluding steroid dienone is 2. The van der Waals surface area contributed by atoms with Crippen LogP contribution >= 0.6 is 15.9 Å². The topological polar surface area (TPSA) is 0 Å². The number of alkyl halides is 2. The number of fused-ring (bicyclic) bond motifs is 7. The Hall–Kier alpha value is 0.150. The van der Waals surface area contributed by atoms with E-state index >= 15 is 0 Å². The summed E-state index contributed by atoms with van der Waals surface area (Å²) in [7, 11) is 0. The van der Waals surface area contributed by atoms with Gasteiger partial charge in [0, 0.05) is 11.8 Å². The molecule has 90 valence electrons. The summed E-state index contributed by atoms with van der Waals surface area (Å²) in [5.41, 5.74) is 1.08. The van der Waals surface area contributed by atoms with Crippen LogP contribution in [0, 0.1) is 46.3 Å². The molecule has 0 heterocycles. The number of halogens is 2. The van der Waals surface area contributed by atoms with Crippen molar-refractivity contribution in [3.05, 3.63) is 12.2 Å². The summed E-state index contributed by atoms with van der Waals surface area (Å²) in [6.45, 7) is 0. The summed E-state index contributed by atoms with van der Waals surface area (Å²) in [6.07, 6.45) is 10.5. The number of rotatable bonds is 0. The van der Waals surface area contributed by atoms with Gasteiger partial charge in [-0.1, -0.05) is 12.2 Å². The standard InChI is InChI=1S/C15H16BrF/c16-15(17)11-9-7-1-2-8(13(7)3-4-13)10(9)14(5-6-14)12(11)15/h1-2,7-12H,3-6H2/t7?,8?,9?,10-,11?,12?,15?/m0/s1. The molecular formula is C15H16BrF. The van der Waals surface area contributed by atoms with Gasteiger partial charge in [-0.2, -0.15) is 0 Å². The molecule has 0 N–H and O–H groups in total. The second-order valence-corrected chi connectivity index (χ2v) is 8.90. The summed E-state index contributed by atoms with van der Waals surface area (Å²) in [5, 5.41) is 0. The van der Waals surface area contributed by atoms with Gasteiger partial charge in [0.15, 0.2) is 4.58 Å². The Morgan fingerprint density at radius 1 is 0.941 bits per heavy atom. The molecule has 7 atom stereocenters. The summed E-state index contributed by atoms with van der Waals surface area (Å²) in [6, 6.07) is 0. The fraction of sp³-hybridized carbons (Fsp3) is 0.867. The Morgan fingerprint density at radius 2 is 1.59 bits per heavy atom. The lowest BCUT2D eigenvalue weighted by Gasteiger charge is -2.31. The van der Waals surface area contributed by atoms with Gasteiger partial charge in [-0.15, -0.1) is 0 Å². The van der Waals surface area contributed by atoms with Crippen LogP contribution in [0.25, 0.3) is 0 Å². The van der Waals surface area contributed by atoms with Gasteiger partial charge in [0.25, 0.3) is 0 Å². The molecule has 6 aliphatic carbocycles. The quantitative estimate of drug-likeness (QED) is 0.469. The molecule has 2 heteroatoms.